The zero-order valence-corrected chi connectivity index (χ0v) is 17.0. The molecular weight excluding hydrogens is 419 g/mol. The second-order valence-corrected chi connectivity index (χ2v) is 7.16. The first-order chi connectivity index (χ1) is 13.7. The number of esters is 1. The first kappa shape index (κ1) is 20.8. The molecule has 0 saturated heterocycles. The minimum atomic E-state index is -1.20. The normalized spacial score (nSPS) is 15.0. The largest absolute Gasteiger partial charge is 0.451 e. The average molecular weight is 435 g/mol. The number of hydrogen-bond acceptors (Lipinski definition) is 5. The molecule has 0 aliphatic carbocycles. The molecule has 2 aromatic rings. The van der Waals surface area contributed by atoms with Crippen molar-refractivity contribution in [3.63, 3.8) is 0 Å². The van der Waals surface area contributed by atoms with Crippen LogP contribution in [0.1, 0.15) is 34.6 Å². The number of nitrogens with zero attached hydrogens (tertiary/aromatic N) is 1. The number of halogens is 2. The minimum absolute atomic E-state index is 0.153. The Kier molecular flexibility index (Phi) is 5.91. The number of imide groups is 1. The van der Waals surface area contributed by atoms with E-state index in [1.165, 1.54) is 26.0 Å². The standard InChI is InChI=1S/C20H16Cl2N2O5/c1-10(24-18(26)12-6-3-4-7-13(12)19(24)27)20(28)29-11(2)17(25)23-15-9-5-8-14(21)16(15)22/h3-11H,1-2H3,(H,23,25)/t10-,11+/m1/s1. The predicted molar refractivity (Wildman–Crippen MR) is 107 cm³/mol. The predicted octanol–water partition coefficient (Wildman–Crippen LogP) is 3.55. The van der Waals surface area contributed by atoms with Gasteiger partial charge in [0, 0.05) is 0 Å². The summed E-state index contributed by atoms with van der Waals surface area (Å²) < 4.78 is 5.15. The van der Waals surface area contributed by atoms with E-state index in [9.17, 15) is 19.2 Å². The van der Waals surface area contributed by atoms with E-state index in [-0.39, 0.29) is 26.9 Å². The molecule has 0 aromatic heterocycles. The summed E-state index contributed by atoms with van der Waals surface area (Å²) in [5.41, 5.74) is 0.706. The number of nitrogens with one attached hydrogen (secondary N) is 1. The van der Waals surface area contributed by atoms with Crippen LogP contribution < -0.4 is 5.32 Å². The molecule has 3 rings (SSSR count). The zero-order valence-electron chi connectivity index (χ0n) is 15.4. The lowest BCUT2D eigenvalue weighted by Gasteiger charge is -2.23. The van der Waals surface area contributed by atoms with Gasteiger partial charge < -0.3 is 10.1 Å². The van der Waals surface area contributed by atoms with Gasteiger partial charge in [-0.3, -0.25) is 19.3 Å². The van der Waals surface area contributed by atoms with E-state index in [4.69, 9.17) is 27.9 Å². The maximum atomic E-state index is 12.5. The molecule has 1 heterocycles. The molecule has 0 saturated carbocycles. The molecule has 29 heavy (non-hydrogen) atoms. The number of benzene rings is 2. The number of amides is 3. The smallest absolute Gasteiger partial charge is 0.329 e. The van der Waals surface area contributed by atoms with Crippen molar-refractivity contribution in [2.24, 2.45) is 0 Å². The minimum Gasteiger partial charge on any atom is -0.451 e. The molecule has 1 N–H and O–H groups in total. The summed E-state index contributed by atoms with van der Waals surface area (Å²) in [5, 5.41) is 2.93. The van der Waals surface area contributed by atoms with Crippen LogP contribution in [0.15, 0.2) is 42.5 Å². The topological polar surface area (TPSA) is 92.8 Å². The summed E-state index contributed by atoms with van der Waals surface area (Å²) in [6.45, 7) is 2.73. The van der Waals surface area contributed by atoms with Gasteiger partial charge in [0.1, 0.15) is 6.04 Å². The van der Waals surface area contributed by atoms with Gasteiger partial charge in [-0.05, 0) is 38.1 Å². The van der Waals surface area contributed by atoms with Gasteiger partial charge in [0.2, 0.25) is 0 Å². The van der Waals surface area contributed by atoms with Crippen LogP contribution >= 0.6 is 23.2 Å². The monoisotopic (exact) mass is 434 g/mol. The van der Waals surface area contributed by atoms with Crippen LogP contribution in [0, 0.1) is 0 Å². The van der Waals surface area contributed by atoms with Gasteiger partial charge >= 0.3 is 5.97 Å². The van der Waals surface area contributed by atoms with E-state index >= 15 is 0 Å². The van der Waals surface area contributed by atoms with Crippen molar-refractivity contribution in [2.45, 2.75) is 26.0 Å². The Bertz CT molecular complexity index is 989. The first-order valence-corrected chi connectivity index (χ1v) is 9.40. The van der Waals surface area contributed by atoms with Crippen LogP contribution in [-0.2, 0) is 14.3 Å². The van der Waals surface area contributed by atoms with Crippen molar-refractivity contribution >= 4 is 52.6 Å². The summed E-state index contributed by atoms with van der Waals surface area (Å²) in [5.74, 6) is -2.70. The van der Waals surface area contributed by atoms with E-state index in [0.29, 0.717) is 0 Å². The fraction of sp³-hybridized carbons (Fsp3) is 0.200. The maximum absolute atomic E-state index is 12.5. The highest BCUT2D eigenvalue weighted by molar-refractivity contribution is 6.44. The summed E-state index contributed by atoms with van der Waals surface area (Å²) in [4.78, 5) is 50.6. The molecule has 1 aliphatic rings. The van der Waals surface area contributed by atoms with Crippen LogP contribution in [0.25, 0.3) is 0 Å². The summed E-state index contributed by atoms with van der Waals surface area (Å²) in [6, 6.07) is 9.79. The number of ether oxygens (including phenoxy) is 1. The second kappa shape index (κ2) is 8.23. The van der Waals surface area contributed by atoms with Crippen LogP contribution in [0.5, 0.6) is 0 Å². The molecule has 2 aromatic carbocycles. The second-order valence-electron chi connectivity index (χ2n) is 6.37. The maximum Gasteiger partial charge on any atom is 0.329 e. The highest BCUT2D eigenvalue weighted by Crippen LogP contribution is 2.30. The lowest BCUT2D eigenvalue weighted by molar-refractivity contribution is -0.156. The number of fused-ring (bicyclic) bond motifs is 1. The van der Waals surface area contributed by atoms with Gasteiger partial charge in [-0.15, -0.1) is 0 Å². The fourth-order valence-electron chi connectivity index (χ4n) is 2.83. The van der Waals surface area contributed by atoms with Crippen LogP contribution in [0.3, 0.4) is 0 Å². The SMILES string of the molecule is C[C@H](OC(=O)[C@@H](C)N1C(=O)c2ccccc2C1=O)C(=O)Nc1cccc(Cl)c1Cl. The van der Waals surface area contributed by atoms with Crippen LogP contribution in [0.2, 0.25) is 10.0 Å². The lowest BCUT2D eigenvalue weighted by atomic mass is 10.1. The number of anilines is 1. The molecule has 1 aliphatic heterocycles. The van der Waals surface area contributed by atoms with Gasteiger partial charge in [0.15, 0.2) is 6.10 Å². The van der Waals surface area contributed by atoms with Crippen LogP contribution in [-0.4, -0.2) is 40.7 Å². The third-order valence-corrected chi connectivity index (χ3v) is 5.24. The summed E-state index contributed by atoms with van der Waals surface area (Å²) in [7, 11) is 0. The molecule has 3 amide bonds. The first-order valence-electron chi connectivity index (χ1n) is 8.64. The van der Waals surface area contributed by atoms with Crippen LogP contribution in [0.4, 0.5) is 5.69 Å². The quantitative estimate of drug-likeness (QED) is 0.573. The fourth-order valence-corrected chi connectivity index (χ4v) is 3.17. The van der Waals surface area contributed by atoms with E-state index in [1.54, 1.807) is 30.3 Å². The Morgan fingerprint density at radius 1 is 0.966 bits per heavy atom. The van der Waals surface area contributed by atoms with E-state index in [0.717, 1.165) is 4.90 Å². The lowest BCUT2D eigenvalue weighted by Crippen LogP contribution is -2.45. The third kappa shape index (κ3) is 3.97. The Morgan fingerprint density at radius 3 is 2.14 bits per heavy atom. The molecule has 0 unspecified atom stereocenters. The van der Waals surface area contributed by atoms with Gasteiger partial charge in [0.05, 0.1) is 26.9 Å². The Morgan fingerprint density at radius 2 is 1.55 bits per heavy atom. The van der Waals surface area contributed by atoms with Gasteiger partial charge in [0.25, 0.3) is 17.7 Å². The van der Waals surface area contributed by atoms with Gasteiger partial charge in [-0.2, -0.15) is 0 Å². The third-order valence-electron chi connectivity index (χ3n) is 4.43. The number of carbonyl (C=O) groups excluding carboxylic acids is 4. The molecule has 0 radical (unpaired) electrons. The molecule has 0 bridgehead atoms. The number of rotatable bonds is 5. The molecule has 2 atom stereocenters. The highest BCUT2D eigenvalue weighted by Gasteiger charge is 2.41. The van der Waals surface area contributed by atoms with Crippen molar-refractivity contribution < 1.29 is 23.9 Å². The molecule has 0 fully saturated rings. The number of carbonyl (C=O) groups is 4. The molecule has 7 nitrogen and oxygen atoms in total. The Balaban J connectivity index is 1.67. The van der Waals surface area contributed by atoms with E-state index in [1.807, 2.05) is 0 Å². The van der Waals surface area contributed by atoms with Gasteiger partial charge in [-0.1, -0.05) is 41.4 Å². The molecule has 150 valence electrons. The Labute approximate surface area is 176 Å². The summed E-state index contributed by atoms with van der Waals surface area (Å²) in [6.07, 6.45) is -1.20. The van der Waals surface area contributed by atoms with E-state index in [2.05, 4.69) is 5.32 Å². The van der Waals surface area contributed by atoms with Crippen molar-refractivity contribution in [1.82, 2.24) is 4.90 Å². The van der Waals surface area contributed by atoms with Crippen molar-refractivity contribution in [3.8, 4) is 0 Å². The van der Waals surface area contributed by atoms with E-state index < -0.39 is 35.8 Å². The molecule has 9 heteroatoms. The van der Waals surface area contributed by atoms with Crippen molar-refractivity contribution in [1.29, 1.82) is 0 Å². The average Bonchev–Trinajstić information content (AvgIpc) is 2.95. The zero-order chi connectivity index (χ0) is 21.3. The number of hydrogen-bond donors (Lipinski definition) is 1. The Hall–Kier alpha value is -2.90. The summed E-state index contributed by atoms with van der Waals surface area (Å²) >= 11 is 11.9. The molecule has 0 spiro atoms. The molecular formula is C20H16Cl2N2O5. The van der Waals surface area contributed by atoms with Gasteiger partial charge in [-0.25, -0.2) is 4.79 Å². The van der Waals surface area contributed by atoms with Crippen molar-refractivity contribution in [3.05, 3.63) is 63.6 Å². The van der Waals surface area contributed by atoms with Crippen molar-refractivity contribution in [2.75, 3.05) is 5.32 Å². The highest BCUT2D eigenvalue weighted by atomic mass is 35.5.